The Morgan fingerprint density at radius 3 is 2.35 bits per heavy atom. The lowest BCUT2D eigenvalue weighted by molar-refractivity contribution is -0.116. The topological polar surface area (TPSA) is 110 Å². The quantitative estimate of drug-likeness (QED) is 0.680. The van der Waals surface area contributed by atoms with Gasteiger partial charge in [0, 0.05) is 36.3 Å². The monoisotopic (exact) mass is 447 g/mol. The molecule has 1 heterocycles. The molecular weight excluding hydrogens is 421 g/mol. The van der Waals surface area contributed by atoms with Crippen molar-refractivity contribution in [3.63, 3.8) is 0 Å². The number of carbonyl (C=O) groups is 2. The summed E-state index contributed by atoms with van der Waals surface area (Å²) in [5.41, 5.74) is 6.39. The van der Waals surface area contributed by atoms with Gasteiger partial charge in [-0.3, -0.25) is 9.59 Å². The van der Waals surface area contributed by atoms with Crippen LogP contribution < -0.4 is 11.1 Å². The maximum Gasteiger partial charge on any atom is 0.248 e. The van der Waals surface area contributed by atoms with Crippen molar-refractivity contribution < 1.29 is 22.4 Å². The maximum absolute atomic E-state index is 14.0. The molecule has 0 atom stereocenters. The molecule has 0 aromatic heterocycles. The largest absolute Gasteiger partial charge is 0.366 e. The summed E-state index contributed by atoms with van der Waals surface area (Å²) < 4.78 is 40.9. The number of nitrogens with two attached hydrogens (primary N) is 1. The van der Waals surface area contributed by atoms with Crippen molar-refractivity contribution in [3.05, 3.63) is 58.9 Å². The second-order valence-corrected chi connectivity index (χ2v) is 9.59. The van der Waals surface area contributed by atoms with Crippen LogP contribution in [-0.2, 0) is 21.2 Å². The van der Waals surface area contributed by atoms with Crippen molar-refractivity contribution in [2.24, 2.45) is 5.73 Å². The number of primary amides is 1. The molecule has 0 aliphatic carbocycles. The minimum Gasteiger partial charge on any atom is -0.366 e. The smallest absolute Gasteiger partial charge is 0.248 e. The molecule has 0 bridgehead atoms. The van der Waals surface area contributed by atoms with Gasteiger partial charge in [-0.05, 0) is 56.0 Å². The Labute approximate surface area is 181 Å². The number of sulfonamides is 1. The molecule has 2 amide bonds. The average molecular weight is 448 g/mol. The average Bonchev–Trinajstić information content (AvgIpc) is 2.76. The van der Waals surface area contributed by atoms with E-state index in [0.29, 0.717) is 19.5 Å². The molecule has 7 nitrogen and oxygen atoms in total. The van der Waals surface area contributed by atoms with Crippen molar-refractivity contribution in [1.29, 1.82) is 0 Å². The van der Waals surface area contributed by atoms with Crippen molar-refractivity contribution in [1.82, 2.24) is 4.31 Å². The summed E-state index contributed by atoms with van der Waals surface area (Å²) in [6, 6.07) is 8.90. The Kier molecular flexibility index (Phi) is 7.07. The summed E-state index contributed by atoms with van der Waals surface area (Å²) in [6.07, 6.45) is 3.29. The van der Waals surface area contributed by atoms with Gasteiger partial charge < -0.3 is 11.1 Å². The minimum atomic E-state index is -3.49. The van der Waals surface area contributed by atoms with Gasteiger partial charge in [-0.15, -0.1) is 0 Å². The summed E-state index contributed by atoms with van der Waals surface area (Å²) in [5, 5.41) is 2.61. The number of nitrogens with zero attached hydrogens (tertiary/aromatic N) is 1. The van der Waals surface area contributed by atoms with E-state index < -0.39 is 21.7 Å². The van der Waals surface area contributed by atoms with Crippen LogP contribution in [0.3, 0.4) is 0 Å². The molecule has 1 aliphatic rings. The van der Waals surface area contributed by atoms with Gasteiger partial charge in [0.2, 0.25) is 21.8 Å². The predicted molar refractivity (Wildman–Crippen MR) is 116 cm³/mol. The van der Waals surface area contributed by atoms with Gasteiger partial charge in [0.05, 0.1) is 4.90 Å². The molecule has 2 aromatic rings. The number of rotatable bonds is 7. The van der Waals surface area contributed by atoms with Crippen LogP contribution in [0.4, 0.5) is 10.1 Å². The maximum atomic E-state index is 14.0. The van der Waals surface area contributed by atoms with Gasteiger partial charge >= 0.3 is 0 Å². The van der Waals surface area contributed by atoms with E-state index in [9.17, 15) is 22.4 Å². The van der Waals surface area contributed by atoms with Crippen LogP contribution >= 0.6 is 0 Å². The molecule has 1 aliphatic heterocycles. The van der Waals surface area contributed by atoms with Gasteiger partial charge in [0.1, 0.15) is 5.82 Å². The third-order valence-electron chi connectivity index (χ3n) is 5.42. The molecule has 0 unspecified atom stereocenters. The van der Waals surface area contributed by atoms with Crippen LogP contribution in [0, 0.1) is 12.7 Å². The fraction of sp³-hybridized carbons (Fsp3) is 0.364. The number of nitrogens with one attached hydrogen (secondary N) is 1. The first-order chi connectivity index (χ1) is 14.7. The first-order valence-corrected chi connectivity index (χ1v) is 11.6. The Balaban J connectivity index is 1.62. The Bertz CT molecular complexity index is 1080. The molecule has 2 aromatic carbocycles. The fourth-order valence-electron chi connectivity index (χ4n) is 3.50. The molecule has 3 N–H and O–H groups in total. The van der Waals surface area contributed by atoms with E-state index in [-0.39, 0.29) is 34.0 Å². The number of hydrogen-bond donors (Lipinski definition) is 2. The molecule has 166 valence electrons. The normalized spacial score (nSPS) is 14.9. The highest BCUT2D eigenvalue weighted by atomic mass is 32.2. The SMILES string of the molecule is Cc1c(F)cc(C(N)=O)cc1NC(=O)CCc1ccc(S(=O)(=O)N2CCCCC2)cc1. The Morgan fingerprint density at radius 2 is 1.74 bits per heavy atom. The molecule has 1 fully saturated rings. The lowest BCUT2D eigenvalue weighted by Gasteiger charge is -2.25. The van der Waals surface area contributed by atoms with Crippen LogP contribution in [0.1, 0.15) is 47.2 Å². The van der Waals surface area contributed by atoms with Crippen molar-refractivity contribution in [2.45, 2.75) is 43.9 Å². The van der Waals surface area contributed by atoms with E-state index in [4.69, 9.17) is 5.73 Å². The zero-order valence-corrected chi connectivity index (χ0v) is 18.2. The molecule has 1 saturated heterocycles. The molecule has 0 saturated carbocycles. The highest BCUT2D eigenvalue weighted by molar-refractivity contribution is 7.89. The lowest BCUT2D eigenvalue weighted by atomic mass is 10.1. The van der Waals surface area contributed by atoms with Crippen LogP contribution in [0.5, 0.6) is 0 Å². The summed E-state index contributed by atoms with van der Waals surface area (Å²) >= 11 is 0. The van der Waals surface area contributed by atoms with E-state index >= 15 is 0 Å². The van der Waals surface area contributed by atoms with E-state index in [2.05, 4.69) is 5.32 Å². The number of hydrogen-bond acceptors (Lipinski definition) is 4. The molecule has 3 rings (SSSR count). The molecule has 31 heavy (non-hydrogen) atoms. The van der Waals surface area contributed by atoms with Gasteiger partial charge in [-0.1, -0.05) is 18.6 Å². The summed E-state index contributed by atoms with van der Waals surface area (Å²) in [6.45, 7) is 2.58. The van der Waals surface area contributed by atoms with Gasteiger partial charge in [0.15, 0.2) is 0 Å². The second-order valence-electron chi connectivity index (χ2n) is 7.65. The number of carbonyl (C=O) groups excluding carboxylic acids is 2. The standard InChI is InChI=1S/C22H26FN3O4S/c1-15-19(23)13-17(22(24)28)14-20(15)25-21(27)10-7-16-5-8-18(9-6-16)31(29,30)26-11-3-2-4-12-26/h5-6,8-9,13-14H,2-4,7,10-12H2,1H3,(H2,24,28)(H,25,27). The van der Waals surface area contributed by atoms with Gasteiger partial charge in [-0.2, -0.15) is 4.31 Å². The van der Waals surface area contributed by atoms with Crippen molar-refractivity contribution in [3.8, 4) is 0 Å². The lowest BCUT2D eigenvalue weighted by Crippen LogP contribution is -2.35. The first-order valence-electron chi connectivity index (χ1n) is 10.2. The highest BCUT2D eigenvalue weighted by Gasteiger charge is 2.25. The van der Waals surface area contributed by atoms with E-state index in [1.165, 1.54) is 17.3 Å². The number of amides is 2. The molecule has 0 spiro atoms. The van der Waals surface area contributed by atoms with Gasteiger partial charge in [-0.25, -0.2) is 12.8 Å². The van der Waals surface area contributed by atoms with Crippen molar-refractivity contribution in [2.75, 3.05) is 18.4 Å². The fourth-order valence-corrected chi connectivity index (χ4v) is 5.02. The Morgan fingerprint density at radius 1 is 1.10 bits per heavy atom. The van der Waals surface area contributed by atoms with E-state index in [1.54, 1.807) is 24.3 Å². The Hall–Kier alpha value is -2.78. The molecule has 9 heteroatoms. The van der Waals surface area contributed by atoms with Gasteiger partial charge in [0.25, 0.3) is 0 Å². The number of anilines is 1. The third-order valence-corrected chi connectivity index (χ3v) is 7.33. The second kappa shape index (κ2) is 9.57. The van der Waals surface area contributed by atoms with Crippen molar-refractivity contribution >= 4 is 27.5 Å². The number of piperidine rings is 1. The summed E-state index contributed by atoms with van der Waals surface area (Å²) in [5.74, 6) is -1.76. The van der Waals surface area contributed by atoms with E-state index in [0.717, 1.165) is 30.9 Å². The minimum absolute atomic E-state index is 0.0242. The highest BCUT2D eigenvalue weighted by Crippen LogP contribution is 2.23. The van der Waals surface area contributed by atoms with Crippen LogP contribution in [-0.4, -0.2) is 37.6 Å². The molecule has 0 radical (unpaired) electrons. The number of aryl methyl sites for hydroxylation is 1. The van der Waals surface area contributed by atoms with Crippen LogP contribution in [0.15, 0.2) is 41.3 Å². The number of benzene rings is 2. The van der Waals surface area contributed by atoms with Crippen LogP contribution in [0.25, 0.3) is 0 Å². The predicted octanol–water partition coefficient (Wildman–Crippen LogP) is 2.98. The molecular formula is C22H26FN3O4S. The summed E-state index contributed by atoms with van der Waals surface area (Å²) in [4.78, 5) is 23.9. The number of halogens is 1. The summed E-state index contributed by atoms with van der Waals surface area (Å²) in [7, 11) is -3.49. The third kappa shape index (κ3) is 5.48. The van der Waals surface area contributed by atoms with E-state index in [1.807, 2.05) is 0 Å². The first kappa shape index (κ1) is 22.9. The zero-order chi connectivity index (χ0) is 22.6. The zero-order valence-electron chi connectivity index (χ0n) is 17.4. The van der Waals surface area contributed by atoms with Crippen LogP contribution in [0.2, 0.25) is 0 Å².